The van der Waals surface area contributed by atoms with Crippen molar-refractivity contribution in [1.29, 1.82) is 8.12 Å². The molecular weight excluding hydrogens is 380 g/mol. The topological polar surface area (TPSA) is 103 Å². The van der Waals surface area contributed by atoms with Gasteiger partial charge in [-0.3, -0.25) is 4.79 Å². The molecule has 0 amide bonds. The Balaban J connectivity index is 2.64. The van der Waals surface area contributed by atoms with E-state index < -0.39 is 23.2 Å². The molecule has 0 fully saturated rings. The van der Waals surface area contributed by atoms with Crippen LogP contribution in [-0.2, 0) is 9.59 Å². The molecule has 0 aromatic heterocycles. The van der Waals surface area contributed by atoms with Crippen molar-refractivity contribution in [3.05, 3.63) is 94.7 Å². The van der Waals surface area contributed by atoms with Crippen molar-refractivity contribution in [1.82, 2.24) is 0 Å². The second-order valence-corrected chi connectivity index (χ2v) is 6.20. The first-order valence-electron chi connectivity index (χ1n) is 9.53. The lowest BCUT2D eigenvalue weighted by molar-refractivity contribution is -0.131. The summed E-state index contributed by atoms with van der Waals surface area (Å²) in [6.45, 7) is 7.49. The summed E-state index contributed by atoms with van der Waals surface area (Å²) in [5.74, 6) is -2.28. The molecule has 3 aromatic rings. The number of hydrogen-bond donors (Lipinski definition) is 2. The molecule has 0 unspecified atom stereocenters. The Morgan fingerprint density at radius 1 is 0.867 bits per heavy atom. The predicted molar refractivity (Wildman–Crippen MR) is 111 cm³/mol. The van der Waals surface area contributed by atoms with Crippen molar-refractivity contribution in [2.75, 3.05) is 0 Å². The van der Waals surface area contributed by atoms with E-state index in [2.05, 4.69) is 15.1 Å². The highest BCUT2D eigenvalue weighted by Crippen LogP contribution is 2.20. The van der Waals surface area contributed by atoms with Crippen LogP contribution < -0.4 is 10.4 Å². The van der Waals surface area contributed by atoms with Gasteiger partial charge in [-0.25, -0.2) is 9.64 Å². The Kier molecular flexibility index (Phi) is 4.97. The van der Waals surface area contributed by atoms with Crippen molar-refractivity contribution in [2.45, 2.75) is 0 Å². The fourth-order valence-electron chi connectivity index (χ4n) is 3.15. The molecule has 2 N–H and O–H groups in total. The molecule has 3 rings (SSSR count). The molecule has 0 spiro atoms. The van der Waals surface area contributed by atoms with Gasteiger partial charge in [0, 0.05) is 5.22 Å². The summed E-state index contributed by atoms with van der Waals surface area (Å²) in [7, 11) is 0. The van der Waals surface area contributed by atoms with Gasteiger partial charge in [-0.15, -0.1) is 0 Å². The van der Waals surface area contributed by atoms with Crippen LogP contribution in [0.4, 0.5) is 0 Å². The van der Waals surface area contributed by atoms with Crippen molar-refractivity contribution < 1.29 is 19.8 Å². The zero-order valence-electron chi connectivity index (χ0n) is 17.5. The summed E-state index contributed by atoms with van der Waals surface area (Å²) < 4.78 is 13.9. The average Bonchev–Trinajstić information content (AvgIpc) is 2.85. The molecular formula is C24H14N2O4. The molecule has 144 valence electrons. The van der Waals surface area contributed by atoms with Gasteiger partial charge in [-0.05, 0) is 33.5 Å². The summed E-state index contributed by atoms with van der Waals surface area (Å²) in [6.07, 6.45) is 0. The molecule has 0 saturated carbocycles. The van der Waals surface area contributed by atoms with Gasteiger partial charge >= 0.3 is 11.9 Å². The second kappa shape index (κ2) is 8.55. The number of nitrogens with zero attached hydrogens (tertiary/aromatic N) is 2. The maximum absolute atomic E-state index is 12.2. The van der Waals surface area contributed by atoms with E-state index in [-0.39, 0.29) is 10.4 Å². The molecule has 3 aromatic carbocycles. The largest absolute Gasteiger partial charge is 0.486 e. The highest BCUT2D eigenvalue weighted by atomic mass is 16.4. The minimum absolute atomic E-state index is 0.169. The van der Waals surface area contributed by atoms with E-state index in [9.17, 15) is 14.9 Å². The standard InChI is InChI=1S/C24H14N2O4/c1-26-22(24(29)30)20-13-17(15-8-4-2-5-9-15)19(21(14-25)23(27)28)12-18(20)16-10-6-3-7-11-16/h2-13H,(H,27,28)(H,29,30)/b21-19-,22-20+/i/hD2. The Bertz CT molecular complexity index is 1280. The molecule has 0 bridgehead atoms. The molecule has 0 saturated heterocycles. The zero-order valence-corrected chi connectivity index (χ0v) is 15.5. The number of carboxylic acid groups (broad SMARTS) is 2. The Morgan fingerprint density at radius 2 is 1.37 bits per heavy atom. The number of rotatable bonds is 4. The minimum Gasteiger partial charge on any atom is -0.486 e. The lowest BCUT2D eigenvalue weighted by Gasteiger charge is -2.11. The quantitative estimate of drug-likeness (QED) is 0.660. The van der Waals surface area contributed by atoms with E-state index in [0.717, 1.165) is 0 Å². The molecule has 0 aliphatic rings. The van der Waals surface area contributed by atoms with Crippen LogP contribution in [0.5, 0.6) is 0 Å². The molecule has 6 nitrogen and oxygen atoms in total. The fourth-order valence-corrected chi connectivity index (χ4v) is 3.15. The van der Waals surface area contributed by atoms with E-state index in [1.54, 1.807) is 66.7 Å². The van der Waals surface area contributed by atoms with Crippen molar-refractivity contribution in [2.24, 2.45) is 0 Å². The van der Waals surface area contributed by atoms with E-state index in [4.69, 9.17) is 9.43 Å². The third kappa shape index (κ3) is 3.80. The Hall–Kier alpha value is -4.68. The van der Waals surface area contributed by atoms with E-state index in [1.807, 2.05) is 0 Å². The maximum Gasteiger partial charge on any atom is 0.347 e. The lowest BCUT2D eigenvalue weighted by atomic mass is 9.93. The van der Waals surface area contributed by atoms with Crippen molar-refractivity contribution in [3.8, 4) is 28.3 Å². The molecule has 0 radical (unpaired) electrons. The van der Waals surface area contributed by atoms with Crippen LogP contribution in [-0.4, -0.2) is 22.2 Å². The highest BCUT2D eigenvalue weighted by Gasteiger charge is 2.17. The second-order valence-electron chi connectivity index (χ2n) is 6.20. The van der Waals surface area contributed by atoms with Crippen LogP contribution >= 0.6 is 0 Å². The highest BCUT2D eigenvalue weighted by molar-refractivity contribution is 6.15. The van der Waals surface area contributed by atoms with Crippen LogP contribution in [0.25, 0.3) is 41.2 Å². The predicted octanol–water partition coefficient (Wildman–Crippen LogP) is 2.89. The summed E-state index contributed by atoms with van der Waals surface area (Å²) >= 11 is 0. The Morgan fingerprint density at radius 3 is 1.83 bits per heavy atom. The van der Waals surface area contributed by atoms with E-state index >= 15 is 0 Å². The smallest absolute Gasteiger partial charge is 0.347 e. The summed E-state index contributed by atoms with van der Waals surface area (Å²) in [5, 5.41) is 18.1. The number of carbonyl (C=O) groups is 2. The third-order valence-corrected chi connectivity index (χ3v) is 4.47. The average molecular weight is 396 g/mol. The van der Waals surface area contributed by atoms with Crippen LogP contribution in [0.15, 0.2) is 72.8 Å². The van der Waals surface area contributed by atoms with Crippen molar-refractivity contribution in [3.63, 3.8) is 0 Å². The van der Waals surface area contributed by atoms with Gasteiger partial charge in [0.2, 0.25) is 0 Å². The van der Waals surface area contributed by atoms with Gasteiger partial charge in [-0.1, -0.05) is 66.7 Å². The summed E-state index contributed by atoms with van der Waals surface area (Å²) in [6, 6.07) is 22.2. The van der Waals surface area contributed by atoms with Gasteiger partial charge in [0.1, 0.15) is 11.6 Å². The Labute approximate surface area is 174 Å². The maximum atomic E-state index is 12.2. The van der Waals surface area contributed by atoms with Gasteiger partial charge in [0.05, 0.1) is 6.57 Å². The molecule has 0 aliphatic heterocycles. The molecule has 0 atom stereocenters. The summed E-state index contributed by atoms with van der Waals surface area (Å²) in [5.41, 5.74) is 1.08. The third-order valence-electron chi connectivity index (χ3n) is 4.47. The van der Waals surface area contributed by atoms with Crippen LogP contribution in [0, 0.1) is 17.9 Å². The monoisotopic (exact) mass is 396 g/mol. The number of carboxylic acids is 2. The van der Waals surface area contributed by atoms with Crippen molar-refractivity contribution >= 4 is 23.2 Å². The number of aliphatic carboxylic acids is 2. The minimum atomic E-state index is -1.14. The number of benzene rings is 3. The lowest BCUT2D eigenvalue weighted by Crippen LogP contribution is -2.23. The molecule has 6 heteroatoms. The van der Waals surface area contributed by atoms with E-state index in [0.29, 0.717) is 22.3 Å². The molecule has 0 heterocycles. The first-order chi connectivity index (χ1) is 15.5. The molecule has 30 heavy (non-hydrogen) atoms. The van der Waals surface area contributed by atoms with Gasteiger partial charge < -0.3 is 10.2 Å². The first kappa shape index (κ1) is 17.4. The van der Waals surface area contributed by atoms with Gasteiger partial charge in [-0.2, -0.15) is 5.26 Å². The summed E-state index contributed by atoms with van der Waals surface area (Å²) in [4.78, 5) is 27.6. The van der Waals surface area contributed by atoms with Crippen LogP contribution in [0.2, 0.25) is 0 Å². The fraction of sp³-hybridized carbons (Fsp3) is 0. The number of hydrogen-bond acceptors (Lipinski definition) is 5. The van der Waals surface area contributed by atoms with E-state index in [1.165, 1.54) is 12.1 Å². The molecule has 0 aliphatic carbocycles. The zero-order chi connectivity index (χ0) is 23.1. The number of nitriles is 1. The van der Waals surface area contributed by atoms with Crippen LogP contribution in [0.1, 0.15) is 0 Å². The van der Waals surface area contributed by atoms with Gasteiger partial charge in [0.15, 0.2) is 0 Å². The van der Waals surface area contributed by atoms with Gasteiger partial charge in [0.25, 0.3) is 8.56 Å². The first-order valence-corrected chi connectivity index (χ1v) is 8.71. The van der Waals surface area contributed by atoms with Crippen LogP contribution in [0.3, 0.4) is 0 Å². The normalized spacial score (nSPS) is 12.9. The SMILES string of the molecule is [2H]OC(=O)/C(C#N)=c1/cc(-c2ccccc2)/c(=C(/[N+]#[C-])C(=O)O[2H])cc1-c1ccccc1.